The van der Waals surface area contributed by atoms with E-state index in [4.69, 9.17) is 4.74 Å². The number of aryl methyl sites for hydroxylation is 1. The highest BCUT2D eigenvalue weighted by Gasteiger charge is 2.21. The van der Waals surface area contributed by atoms with Crippen LogP contribution in [0.15, 0.2) is 42.5 Å². The maximum absolute atomic E-state index is 13.1. The Labute approximate surface area is 145 Å². The molecule has 0 aromatic heterocycles. The van der Waals surface area contributed by atoms with Gasteiger partial charge in [-0.2, -0.15) is 0 Å². The first kappa shape index (κ1) is 17.0. The van der Waals surface area contributed by atoms with E-state index in [-0.39, 0.29) is 24.1 Å². The lowest BCUT2D eigenvalue weighted by molar-refractivity contribution is -0.117. The van der Waals surface area contributed by atoms with Gasteiger partial charge in [0.1, 0.15) is 18.2 Å². The van der Waals surface area contributed by atoms with Crippen molar-refractivity contribution in [2.75, 3.05) is 23.4 Å². The Bertz CT molecular complexity index is 807. The number of carbonyl (C=O) groups is 2. The van der Waals surface area contributed by atoms with E-state index in [0.717, 1.165) is 5.56 Å². The summed E-state index contributed by atoms with van der Waals surface area (Å²) in [6.45, 7) is 2.45. The van der Waals surface area contributed by atoms with Crippen LogP contribution in [0, 0.1) is 5.82 Å². The largest absolute Gasteiger partial charge is 0.489 e. The van der Waals surface area contributed by atoms with E-state index in [1.807, 2.05) is 0 Å². The predicted octanol–water partition coefficient (Wildman–Crippen LogP) is 3.14. The molecule has 130 valence electrons. The van der Waals surface area contributed by atoms with Gasteiger partial charge in [-0.1, -0.05) is 12.1 Å². The first-order chi connectivity index (χ1) is 12.0. The molecule has 0 saturated carbocycles. The van der Waals surface area contributed by atoms with Crippen molar-refractivity contribution in [2.45, 2.75) is 19.8 Å². The van der Waals surface area contributed by atoms with Gasteiger partial charge in [0.25, 0.3) is 0 Å². The topological polar surface area (TPSA) is 58.6 Å². The van der Waals surface area contributed by atoms with E-state index in [1.165, 1.54) is 19.1 Å². The van der Waals surface area contributed by atoms with Crippen molar-refractivity contribution in [1.82, 2.24) is 0 Å². The van der Waals surface area contributed by atoms with Crippen LogP contribution >= 0.6 is 0 Å². The molecule has 0 bridgehead atoms. The van der Waals surface area contributed by atoms with Crippen LogP contribution in [0.2, 0.25) is 0 Å². The highest BCUT2D eigenvalue weighted by molar-refractivity contribution is 5.95. The number of hydrogen-bond acceptors (Lipinski definition) is 3. The van der Waals surface area contributed by atoms with Gasteiger partial charge in [0.15, 0.2) is 0 Å². The molecule has 0 aliphatic carbocycles. The van der Waals surface area contributed by atoms with Crippen molar-refractivity contribution in [3.05, 3.63) is 53.8 Å². The molecule has 0 saturated heterocycles. The van der Waals surface area contributed by atoms with E-state index >= 15 is 0 Å². The predicted molar refractivity (Wildman–Crippen MR) is 93.3 cm³/mol. The lowest BCUT2D eigenvalue weighted by atomic mass is 10.1. The molecule has 2 amide bonds. The van der Waals surface area contributed by atoms with Gasteiger partial charge in [-0.25, -0.2) is 4.39 Å². The molecule has 0 spiro atoms. The van der Waals surface area contributed by atoms with Gasteiger partial charge >= 0.3 is 0 Å². The van der Waals surface area contributed by atoms with Gasteiger partial charge in [-0.05, 0) is 36.2 Å². The minimum absolute atomic E-state index is 0.0450. The highest BCUT2D eigenvalue weighted by Crippen LogP contribution is 2.34. The minimum atomic E-state index is -0.306. The molecule has 0 radical (unpaired) electrons. The zero-order chi connectivity index (χ0) is 17.8. The third-order valence-corrected chi connectivity index (χ3v) is 4.02. The highest BCUT2D eigenvalue weighted by atomic mass is 19.1. The van der Waals surface area contributed by atoms with Crippen LogP contribution in [0.25, 0.3) is 0 Å². The summed E-state index contributed by atoms with van der Waals surface area (Å²) in [5, 5.41) is 2.80. The molecule has 0 atom stereocenters. The quantitative estimate of drug-likeness (QED) is 0.929. The van der Waals surface area contributed by atoms with Gasteiger partial charge in [0.2, 0.25) is 11.8 Å². The standard InChI is InChI=1S/C19H19FN2O3/c1-13(23)22-9-10-25-18-12-16(6-7-17(18)22)21-19(24)8-5-14-3-2-4-15(20)11-14/h2-4,6-7,11-12H,5,8-10H2,1H3,(H,21,24). The third kappa shape index (κ3) is 4.15. The second kappa shape index (κ2) is 7.34. The minimum Gasteiger partial charge on any atom is -0.489 e. The van der Waals surface area contributed by atoms with E-state index < -0.39 is 0 Å². The number of anilines is 2. The van der Waals surface area contributed by atoms with Crippen molar-refractivity contribution >= 4 is 23.2 Å². The van der Waals surface area contributed by atoms with Crippen LogP contribution in [-0.2, 0) is 16.0 Å². The zero-order valence-corrected chi connectivity index (χ0v) is 13.9. The molecular weight excluding hydrogens is 323 g/mol. The Hall–Kier alpha value is -2.89. The van der Waals surface area contributed by atoms with Crippen molar-refractivity contribution in [2.24, 2.45) is 0 Å². The second-order valence-electron chi connectivity index (χ2n) is 5.88. The first-order valence-electron chi connectivity index (χ1n) is 8.12. The Morgan fingerprint density at radius 1 is 1.24 bits per heavy atom. The summed E-state index contributed by atoms with van der Waals surface area (Å²) < 4.78 is 18.7. The van der Waals surface area contributed by atoms with Crippen molar-refractivity contribution in [1.29, 1.82) is 0 Å². The number of hydrogen-bond donors (Lipinski definition) is 1. The normalized spacial score (nSPS) is 13.0. The Balaban J connectivity index is 1.63. The molecule has 1 heterocycles. The summed E-state index contributed by atoms with van der Waals surface area (Å²) in [6.07, 6.45) is 0.712. The summed E-state index contributed by atoms with van der Waals surface area (Å²) in [7, 11) is 0. The second-order valence-corrected chi connectivity index (χ2v) is 5.88. The SMILES string of the molecule is CC(=O)N1CCOc2cc(NC(=O)CCc3cccc(F)c3)ccc21. The van der Waals surface area contributed by atoms with Crippen LogP contribution < -0.4 is 15.0 Å². The maximum Gasteiger partial charge on any atom is 0.224 e. The van der Waals surface area contributed by atoms with Gasteiger partial charge in [-0.15, -0.1) is 0 Å². The summed E-state index contributed by atoms with van der Waals surface area (Å²) >= 11 is 0. The van der Waals surface area contributed by atoms with E-state index in [2.05, 4.69) is 5.32 Å². The first-order valence-corrected chi connectivity index (χ1v) is 8.12. The number of rotatable bonds is 4. The van der Waals surface area contributed by atoms with E-state index in [9.17, 15) is 14.0 Å². The molecule has 0 fully saturated rings. The number of fused-ring (bicyclic) bond motifs is 1. The summed E-state index contributed by atoms with van der Waals surface area (Å²) in [5.41, 5.74) is 2.09. The monoisotopic (exact) mass is 342 g/mol. The maximum atomic E-state index is 13.1. The Morgan fingerprint density at radius 2 is 2.08 bits per heavy atom. The fraction of sp³-hybridized carbons (Fsp3) is 0.263. The number of nitrogens with zero attached hydrogens (tertiary/aromatic N) is 1. The zero-order valence-electron chi connectivity index (χ0n) is 13.9. The fourth-order valence-electron chi connectivity index (χ4n) is 2.80. The number of halogens is 1. The summed E-state index contributed by atoms with van der Waals surface area (Å²) in [6, 6.07) is 11.4. The van der Waals surface area contributed by atoms with E-state index in [1.54, 1.807) is 35.2 Å². The van der Waals surface area contributed by atoms with Gasteiger partial charge < -0.3 is 15.0 Å². The van der Waals surface area contributed by atoms with Gasteiger partial charge in [0.05, 0.1) is 12.2 Å². The molecule has 1 N–H and O–H groups in total. The molecule has 2 aromatic rings. The number of ether oxygens (including phenoxy) is 1. The van der Waals surface area contributed by atoms with Crippen molar-refractivity contribution in [3.63, 3.8) is 0 Å². The lowest BCUT2D eigenvalue weighted by Gasteiger charge is -2.29. The van der Waals surface area contributed by atoms with Crippen molar-refractivity contribution < 1.29 is 18.7 Å². The molecule has 1 aliphatic rings. The number of benzene rings is 2. The Morgan fingerprint density at radius 3 is 2.84 bits per heavy atom. The third-order valence-electron chi connectivity index (χ3n) is 4.02. The van der Waals surface area contributed by atoms with Crippen LogP contribution in [0.1, 0.15) is 18.9 Å². The fourth-order valence-corrected chi connectivity index (χ4v) is 2.80. The molecular formula is C19H19FN2O3. The number of carbonyl (C=O) groups excluding carboxylic acids is 2. The average Bonchev–Trinajstić information content (AvgIpc) is 2.59. The average molecular weight is 342 g/mol. The molecule has 2 aromatic carbocycles. The van der Waals surface area contributed by atoms with Crippen LogP contribution in [0.5, 0.6) is 5.75 Å². The molecule has 3 rings (SSSR count). The smallest absolute Gasteiger partial charge is 0.224 e. The van der Waals surface area contributed by atoms with Crippen molar-refractivity contribution in [3.8, 4) is 5.75 Å². The number of amides is 2. The molecule has 25 heavy (non-hydrogen) atoms. The summed E-state index contributed by atoms with van der Waals surface area (Å²) in [4.78, 5) is 25.4. The van der Waals surface area contributed by atoms with Gasteiger partial charge in [-0.3, -0.25) is 9.59 Å². The van der Waals surface area contributed by atoms with Crippen LogP contribution in [-0.4, -0.2) is 25.0 Å². The van der Waals surface area contributed by atoms with Gasteiger partial charge in [0, 0.05) is 25.1 Å². The Kier molecular flexibility index (Phi) is 4.97. The van der Waals surface area contributed by atoms with Crippen LogP contribution in [0.4, 0.5) is 15.8 Å². The van der Waals surface area contributed by atoms with E-state index in [0.29, 0.717) is 36.7 Å². The molecule has 5 nitrogen and oxygen atoms in total. The number of nitrogens with one attached hydrogen (secondary N) is 1. The molecule has 1 aliphatic heterocycles. The lowest BCUT2D eigenvalue weighted by Crippen LogP contribution is -2.36. The molecule has 0 unspecified atom stereocenters. The summed E-state index contributed by atoms with van der Waals surface area (Å²) in [5.74, 6) is 0.0593. The van der Waals surface area contributed by atoms with Crippen LogP contribution in [0.3, 0.4) is 0 Å². The molecule has 6 heteroatoms.